The van der Waals surface area contributed by atoms with Gasteiger partial charge in [0.05, 0.1) is 22.7 Å². The number of nitrogens with one attached hydrogen (secondary N) is 1. The summed E-state index contributed by atoms with van der Waals surface area (Å²) >= 11 is 1.16. The topological polar surface area (TPSA) is 132 Å². The number of nitro benzene ring substituents is 1. The van der Waals surface area contributed by atoms with Crippen LogP contribution in [-0.2, 0) is 9.53 Å². The zero-order valence-corrected chi connectivity index (χ0v) is 15.2. The van der Waals surface area contributed by atoms with Crippen molar-refractivity contribution < 1.29 is 24.0 Å². The lowest BCUT2D eigenvalue weighted by Gasteiger charge is -2.13. The summed E-state index contributed by atoms with van der Waals surface area (Å²) in [5.74, 6) is -1.48. The molecule has 0 spiro atoms. The maximum absolute atomic E-state index is 12.2. The molecule has 10 heteroatoms. The van der Waals surface area contributed by atoms with Crippen molar-refractivity contribution in [2.24, 2.45) is 0 Å². The molecule has 2 aromatic rings. The number of carbonyl (C=O) groups is 2. The zero-order chi connectivity index (χ0) is 20.0. The number of anilines is 1. The van der Waals surface area contributed by atoms with Crippen molar-refractivity contribution in [3.05, 3.63) is 50.9 Å². The van der Waals surface area contributed by atoms with Gasteiger partial charge in [0, 0.05) is 6.07 Å². The van der Waals surface area contributed by atoms with E-state index in [4.69, 9.17) is 14.7 Å². The molecule has 0 unspecified atom stereocenters. The van der Waals surface area contributed by atoms with Crippen molar-refractivity contribution in [2.45, 2.75) is 20.0 Å². The highest BCUT2D eigenvalue weighted by atomic mass is 32.1. The predicted molar refractivity (Wildman–Crippen MR) is 96.8 cm³/mol. The van der Waals surface area contributed by atoms with Crippen molar-refractivity contribution in [3.63, 3.8) is 0 Å². The summed E-state index contributed by atoms with van der Waals surface area (Å²) in [6.45, 7) is 3.27. The van der Waals surface area contributed by atoms with Gasteiger partial charge in [0.25, 0.3) is 5.91 Å². The molecule has 0 saturated carbocycles. The number of hydrogen-bond donors (Lipinski definition) is 1. The summed E-state index contributed by atoms with van der Waals surface area (Å²) in [4.78, 5) is 34.8. The SMILES string of the molecule is CCOc1ccc(C(=O)O[C@H](C)C(=O)Nc2sccc2C#N)cc1[N+](=O)[O-]. The average molecular weight is 389 g/mol. The Hall–Kier alpha value is -3.45. The third-order valence-corrected chi connectivity index (χ3v) is 4.20. The van der Waals surface area contributed by atoms with Gasteiger partial charge in [0.1, 0.15) is 11.1 Å². The van der Waals surface area contributed by atoms with Crippen LogP contribution in [0.5, 0.6) is 5.75 Å². The first-order valence-electron chi connectivity index (χ1n) is 7.78. The second kappa shape index (κ2) is 8.77. The number of nitriles is 1. The van der Waals surface area contributed by atoms with E-state index in [-0.39, 0.29) is 23.6 Å². The van der Waals surface area contributed by atoms with Gasteiger partial charge in [-0.15, -0.1) is 11.3 Å². The number of amides is 1. The molecule has 0 fully saturated rings. The second-order valence-electron chi connectivity index (χ2n) is 5.18. The Labute approximate surface area is 158 Å². The molecule has 0 aliphatic heterocycles. The van der Waals surface area contributed by atoms with Gasteiger partial charge >= 0.3 is 11.7 Å². The highest BCUT2D eigenvalue weighted by Gasteiger charge is 2.23. The molecule has 0 radical (unpaired) electrons. The van der Waals surface area contributed by atoms with Crippen LogP contribution in [0.25, 0.3) is 0 Å². The Balaban J connectivity index is 2.09. The van der Waals surface area contributed by atoms with Crippen molar-refractivity contribution >= 4 is 33.9 Å². The fraction of sp³-hybridized carbons (Fsp3) is 0.235. The maximum atomic E-state index is 12.2. The Kier molecular flexibility index (Phi) is 6.46. The number of thiophene rings is 1. The van der Waals surface area contributed by atoms with Crippen molar-refractivity contribution in [2.75, 3.05) is 11.9 Å². The van der Waals surface area contributed by atoms with Crippen LogP contribution in [-0.4, -0.2) is 29.5 Å². The van der Waals surface area contributed by atoms with E-state index < -0.39 is 22.9 Å². The van der Waals surface area contributed by atoms with Gasteiger partial charge in [0.15, 0.2) is 11.9 Å². The van der Waals surface area contributed by atoms with E-state index in [0.717, 1.165) is 17.4 Å². The third-order valence-electron chi connectivity index (χ3n) is 3.37. The summed E-state index contributed by atoms with van der Waals surface area (Å²) in [6.07, 6.45) is -1.17. The number of nitrogens with zero attached hydrogens (tertiary/aromatic N) is 2. The molecule has 0 bridgehead atoms. The van der Waals surface area contributed by atoms with E-state index in [2.05, 4.69) is 5.32 Å². The van der Waals surface area contributed by atoms with Crippen molar-refractivity contribution in [3.8, 4) is 11.8 Å². The zero-order valence-electron chi connectivity index (χ0n) is 14.4. The van der Waals surface area contributed by atoms with Crippen molar-refractivity contribution in [1.29, 1.82) is 5.26 Å². The monoisotopic (exact) mass is 389 g/mol. The minimum atomic E-state index is -1.17. The van der Waals surface area contributed by atoms with Crippen LogP contribution in [0.1, 0.15) is 29.8 Å². The Morgan fingerprint density at radius 2 is 2.15 bits per heavy atom. The summed E-state index contributed by atoms with van der Waals surface area (Å²) in [6, 6.07) is 7.13. The van der Waals surface area contributed by atoms with E-state index in [1.807, 2.05) is 6.07 Å². The van der Waals surface area contributed by atoms with Crippen LogP contribution in [0.15, 0.2) is 29.6 Å². The fourth-order valence-electron chi connectivity index (χ4n) is 2.05. The molecule has 1 aromatic heterocycles. The molecular weight excluding hydrogens is 374 g/mol. The van der Waals surface area contributed by atoms with Crippen LogP contribution < -0.4 is 10.1 Å². The van der Waals surface area contributed by atoms with Crippen molar-refractivity contribution in [1.82, 2.24) is 0 Å². The predicted octanol–water partition coefficient (Wildman–Crippen LogP) is 3.11. The number of hydrogen-bond acceptors (Lipinski definition) is 8. The summed E-state index contributed by atoms with van der Waals surface area (Å²) in [5.41, 5.74) is -0.159. The van der Waals surface area contributed by atoms with Crippen LogP contribution in [0, 0.1) is 21.4 Å². The van der Waals surface area contributed by atoms with E-state index in [9.17, 15) is 19.7 Å². The van der Waals surface area contributed by atoms with Gasteiger partial charge in [-0.25, -0.2) is 4.79 Å². The first kappa shape index (κ1) is 19.9. The van der Waals surface area contributed by atoms with Gasteiger partial charge in [0.2, 0.25) is 0 Å². The second-order valence-corrected chi connectivity index (χ2v) is 6.10. The molecule has 9 nitrogen and oxygen atoms in total. The van der Waals surface area contributed by atoms with Gasteiger partial charge in [-0.3, -0.25) is 14.9 Å². The molecule has 1 atom stereocenters. The standard InChI is InChI=1S/C17H15N3O6S/c1-3-25-14-5-4-11(8-13(14)20(23)24)17(22)26-10(2)15(21)19-16-12(9-18)6-7-27-16/h4-8,10H,3H2,1-2H3,(H,19,21)/t10-/m1/s1. The summed E-state index contributed by atoms with van der Waals surface area (Å²) in [7, 11) is 0. The maximum Gasteiger partial charge on any atom is 0.339 e. The molecule has 140 valence electrons. The smallest absolute Gasteiger partial charge is 0.339 e. The highest BCUT2D eigenvalue weighted by molar-refractivity contribution is 7.14. The molecule has 0 aliphatic carbocycles. The van der Waals surface area contributed by atoms with Crippen LogP contribution >= 0.6 is 11.3 Å². The minimum Gasteiger partial charge on any atom is -0.487 e. The number of carbonyl (C=O) groups excluding carboxylic acids is 2. The molecule has 2 rings (SSSR count). The highest BCUT2D eigenvalue weighted by Crippen LogP contribution is 2.28. The van der Waals surface area contributed by atoms with Gasteiger partial charge < -0.3 is 14.8 Å². The van der Waals surface area contributed by atoms with Gasteiger partial charge in [-0.1, -0.05) is 0 Å². The molecule has 0 aliphatic rings. The van der Waals surface area contributed by atoms with Gasteiger partial charge in [-0.05, 0) is 37.4 Å². The lowest BCUT2D eigenvalue weighted by Crippen LogP contribution is -2.30. The summed E-state index contributed by atoms with van der Waals surface area (Å²) in [5, 5.41) is 24.6. The first-order chi connectivity index (χ1) is 12.9. The molecule has 27 heavy (non-hydrogen) atoms. The van der Waals surface area contributed by atoms with E-state index >= 15 is 0 Å². The lowest BCUT2D eigenvalue weighted by molar-refractivity contribution is -0.385. The Morgan fingerprint density at radius 3 is 2.78 bits per heavy atom. The quantitative estimate of drug-likeness (QED) is 0.437. The molecule has 0 saturated heterocycles. The van der Waals surface area contributed by atoms with E-state index in [1.165, 1.54) is 19.1 Å². The molecule has 1 N–H and O–H groups in total. The average Bonchev–Trinajstić information content (AvgIpc) is 3.09. The first-order valence-corrected chi connectivity index (χ1v) is 8.66. The fourth-order valence-corrected chi connectivity index (χ4v) is 2.79. The Morgan fingerprint density at radius 1 is 1.41 bits per heavy atom. The number of nitro groups is 1. The normalized spacial score (nSPS) is 11.1. The van der Waals surface area contributed by atoms with Gasteiger partial charge in [-0.2, -0.15) is 5.26 Å². The van der Waals surface area contributed by atoms with Crippen LogP contribution in [0.2, 0.25) is 0 Å². The minimum absolute atomic E-state index is 0.0339. The third kappa shape index (κ3) is 4.80. The largest absolute Gasteiger partial charge is 0.487 e. The summed E-state index contributed by atoms with van der Waals surface area (Å²) < 4.78 is 10.2. The van der Waals surface area contributed by atoms with Crippen LogP contribution in [0.4, 0.5) is 10.7 Å². The lowest BCUT2D eigenvalue weighted by atomic mass is 10.2. The number of rotatable bonds is 7. The molecule has 1 aromatic carbocycles. The molecular formula is C17H15N3O6S. The number of ether oxygens (including phenoxy) is 2. The number of benzene rings is 1. The molecule has 1 amide bonds. The molecule has 1 heterocycles. The van der Waals surface area contributed by atoms with E-state index in [0.29, 0.717) is 10.6 Å². The van der Waals surface area contributed by atoms with E-state index in [1.54, 1.807) is 18.4 Å². The number of esters is 1. The Bertz CT molecular complexity index is 918. The van der Waals surface area contributed by atoms with Crippen LogP contribution in [0.3, 0.4) is 0 Å².